The Balaban J connectivity index is 1.99. The number of benzene rings is 1. The monoisotopic (exact) mass is 400 g/mol. The normalized spacial score (nSPS) is 22.6. The highest BCUT2D eigenvalue weighted by Gasteiger charge is 2.31. The Morgan fingerprint density at radius 1 is 1.45 bits per heavy atom. The number of carbonyl (C=O) groups is 1. The van der Waals surface area contributed by atoms with Gasteiger partial charge < -0.3 is 15.4 Å². The summed E-state index contributed by atoms with van der Waals surface area (Å²) in [5.74, 6) is -0.616. The van der Waals surface area contributed by atoms with Gasteiger partial charge in [0, 0.05) is 22.2 Å². The van der Waals surface area contributed by atoms with Crippen LogP contribution in [0, 0.1) is 0 Å². The maximum atomic E-state index is 12.1. The second-order valence-corrected chi connectivity index (χ2v) is 6.12. The van der Waals surface area contributed by atoms with Crippen LogP contribution in [0.3, 0.4) is 0 Å². The first-order valence-electron chi connectivity index (χ1n) is 5.87. The minimum absolute atomic E-state index is 0.256. The minimum atomic E-state index is -4.75. The molecule has 20 heavy (non-hydrogen) atoms. The summed E-state index contributed by atoms with van der Waals surface area (Å²) in [6, 6.07) is 4.90. The zero-order chi connectivity index (χ0) is 14.8. The van der Waals surface area contributed by atoms with Gasteiger partial charge in [-0.25, -0.2) is 0 Å². The van der Waals surface area contributed by atoms with Gasteiger partial charge in [0.15, 0.2) is 0 Å². The molecule has 0 unspecified atom stereocenters. The lowest BCUT2D eigenvalue weighted by Crippen LogP contribution is -2.35. The standard InChI is InChI=1S/C12H12F3IN2O2/c13-12(14,15)20-9-3-1-2-8(5-9)18-11(19)10-4-7(16)6-17-10/h1-3,5,7,10,17H,4,6H2,(H,18,19)/t7-,10+/m1/s1. The summed E-state index contributed by atoms with van der Waals surface area (Å²) in [6.07, 6.45) is -4.05. The smallest absolute Gasteiger partial charge is 0.406 e. The molecule has 1 aromatic rings. The summed E-state index contributed by atoms with van der Waals surface area (Å²) < 4.78 is 40.5. The van der Waals surface area contributed by atoms with E-state index in [1.165, 1.54) is 18.2 Å². The Bertz CT molecular complexity index is 496. The van der Waals surface area contributed by atoms with Gasteiger partial charge >= 0.3 is 6.36 Å². The quantitative estimate of drug-likeness (QED) is 0.606. The van der Waals surface area contributed by atoms with Gasteiger partial charge in [-0.15, -0.1) is 13.2 Å². The number of nitrogens with one attached hydrogen (secondary N) is 2. The topological polar surface area (TPSA) is 50.4 Å². The van der Waals surface area contributed by atoms with Crippen molar-refractivity contribution in [1.29, 1.82) is 0 Å². The molecule has 0 saturated carbocycles. The van der Waals surface area contributed by atoms with E-state index in [0.717, 1.165) is 12.6 Å². The summed E-state index contributed by atoms with van der Waals surface area (Å²) in [6.45, 7) is 0.746. The average molecular weight is 400 g/mol. The van der Waals surface area contributed by atoms with Gasteiger partial charge in [0.05, 0.1) is 6.04 Å². The van der Waals surface area contributed by atoms with Crippen molar-refractivity contribution in [1.82, 2.24) is 5.32 Å². The van der Waals surface area contributed by atoms with Gasteiger partial charge in [-0.1, -0.05) is 28.7 Å². The molecule has 1 aromatic carbocycles. The van der Waals surface area contributed by atoms with E-state index in [9.17, 15) is 18.0 Å². The highest BCUT2D eigenvalue weighted by molar-refractivity contribution is 14.1. The van der Waals surface area contributed by atoms with E-state index in [-0.39, 0.29) is 23.4 Å². The Morgan fingerprint density at radius 3 is 2.80 bits per heavy atom. The predicted octanol–water partition coefficient (Wildman–Crippen LogP) is 2.69. The van der Waals surface area contributed by atoms with Gasteiger partial charge in [-0.05, 0) is 18.6 Å². The van der Waals surface area contributed by atoms with Crippen LogP contribution in [-0.4, -0.2) is 28.8 Å². The molecule has 0 bridgehead atoms. The third-order valence-electron chi connectivity index (χ3n) is 2.73. The van der Waals surface area contributed by atoms with Crippen LogP contribution >= 0.6 is 22.6 Å². The summed E-state index contributed by atoms with van der Waals surface area (Å²) in [5, 5.41) is 5.63. The first-order valence-corrected chi connectivity index (χ1v) is 7.12. The molecule has 2 atom stereocenters. The average Bonchev–Trinajstić information content (AvgIpc) is 2.74. The molecule has 110 valence electrons. The molecule has 1 fully saturated rings. The maximum absolute atomic E-state index is 12.1. The van der Waals surface area contributed by atoms with Crippen molar-refractivity contribution in [2.24, 2.45) is 0 Å². The van der Waals surface area contributed by atoms with Crippen LogP contribution in [0.25, 0.3) is 0 Å². The molecule has 2 N–H and O–H groups in total. The van der Waals surface area contributed by atoms with Gasteiger partial charge in [0.25, 0.3) is 0 Å². The van der Waals surface area contributed by atoms with Crippen LogP contribution in [0.15, 0.2) is 24.3 Å². The molecule has 0 aliphatic carbocycles. The van der Waals surface area contributed by atoms with Gasteiger partial charge in [0.1, 0.15) is 5.75 Å². The van der Waals surface area contributed by atoms with E-state index < -0.39 is 6.36 Å². The van der Waals surface area contributed by atoms with E-state index >= 15 is 0 Å². The van der Waals surface area contributed by atoms with Crippen molar-refractivity contribution < 1.29 is 22.7 Å². The number of anilines is 1. The van der Waals surface area contributed by atoms with Crippen LogP contribution in [0.1, 0.15) is 6.42 Å². The van der Waals surface area contributed by atoms with Crippen molar-refractivity contribution in [2.75, 3.05) is 11.9 Å². The molecule has 8 heteroatoms. The van der Waals surface area contributed by atoms with Crippen molar-refractivity contribution in [3.8, 4) is 5.75 Å². The van der Waals surface area contributed by atoms with Crippen LogP contribution < -0.4 is 15.4 Å². The van der Waals surface area contributed by atoms with E-state index in [2.05, 4.69) is 38.0 Å². The Hall–Kier alpha value is -1.03. The Morgan fingerprint density at radius 2 is 2.20 bits per heavy atom. The SMILES string of the molecule is O=C(Nc1cccc(OC(F)(F)F)c1)[C@@H]1C[C@@H](I)CN1. The fraction of sp³-hybridized carbons (Fsp3) is 0.417. The zero-order valence-corrected chi connectivity index (χ0v) is 12.4. The largest absolute Gasteiger partial charge is 0.573 e. The predicted molar refractivity (Wildman–Crippen MR) is 76.0 cm³/mol. The Kier molecular flexibility index (Phi) is 4.74. The van der Waals surface area contributed by atoms with Crippen LogP contribution in [0.5, 0.6) is 5.75 Å². The maximum Gasteiger partial charge on any atom is 0.573 e. The molecule has 2 rings (SSSR count). The molecule has 1 amide bonds. The molecule has 1 saturated heterocycles. The van der Waals surface area contributed by atoms with Crippen LogP contribution in [-0.2, 0) is 4.79 Å². The molecule has 0 aromatic heterocycles. The number of halogens is 4. The molecular weight excluding hydrogens is 388 g/mol. The first-order chi connectivity index (χ1) is 9.33. The number of hydrogen-bond donors (Lipinski definition) is 2. The number of hydrogen-bond acceptors (Lipinski definition) is 3. The molecule has 1 heterocycles. The van der Waals surface area contributed by atoms with Gasteiger partial charge in [0.2, 0.25) is 5.91 Å². The lowest BCUT2D eigenvalue weighted by molar-refractivity contribution is -0.274. The van der Waals surface area contributed by atoms with E-state index in [4.69, 9.17) is 0 Å². The Labute approximate surface area is 127 Å². The lowest BCUT2D eigenvalue weighted by Gasteiger charge is -2.13. The molecule has 1 aliphatic rings. The second kappa shape index (κ2) is 6.17. The first kappa shape index (κ1) is 15.4. The van der Waals surface area contributed by atoms with Crippen LogP contribution in [0.4, 0.5) is 18.9 Å². The second-order valence-electron chi connectivity index (χ2n) is 4.36. The summed E-state index contributed by atoms with van der Waals surface area (Å²) in [4.78, 5) is 11.9. The number of alkyl halides is 4. The number of carbonyl (C=O) groups excluding carboxylic acids is 1. The summed E-state index contributed by atoms with van der Waals surface area (Å²) in [5.41, 5.74) is 0.274. The fourth-order valence-electron chi connectivity index (χ4n) is 1.89. The third-order valence-corrected chi connectivity index (χ3v) is 3.68. The van der Waals surface area contributed by atoms with Crippen molar-refractivity contribution in [2.45, 2.75) is 22.7 Å². The molecule has 4 nitrogen and oxygen atoms in total. The lowest BCUT2D eigenvalue weighted by atomic mass is 10.2. The minimum Gasteiger partial charge on any atom is -0.406 e. The van der Waals surface area contributed by atoms with Crippen molar-refractivity contribution in [3.05, 3.63) is 24.3 Å². The number of rotatable bonds is 3. The fourth-order valence-corrected chi connectivity index (χ4v) is 2.66. The number of ether oxygens (including phenoxy) is 1. The van der Waals surface area contributed by atoms with E-state index in [1.807, 2.05) is 0 Å². The van der Waals surface area contributed by atoms with Crippen LogP contribution in [0.2, 0.25) is 0 Å². The molecule has 1 aliphatic heterocycles. The third kappa shape index (κ3) is 4.51. The zero-order valence-electron chi connectivity index (χ0n) is 10.2. The summed E-state index contributed by atoms with van der Waals surface area (Å²) >= 11 is 2.24. The molecule has 0 radical (unpaired) electrons. The van der Waals surface area contributed by atoms with Gasteiger partial charge in [-0.2, -0.15) is 0 Å². The number of amides is 1. The summed E-state index contributed by atoms with van der Waals surface area (Å²) in [7, 11) is 0. The molecule has 0 spiro atoms. The molecular formula is C12H12F3IN2O2. The van der Waals surface area contributed by atoms with Crippen molar-refractivity contribution >= 4 is 34.2 Å². The van der Waals surface area contributed by atoms with E-state index in [1.54, 1.807) is 0 Å². The highest BCUT2D eigenvalue weighted by atomic mass is 127. The van der Waals surface area contributed by atoms with Gasteiger partial charge in [-0.3, -0.25) is 4.79 Å². The van der Waals surface area contributed by atoms with E-state index in [0.29, 0.717) is 10.3 Å². The highest BCUT2D eigenvalue weighted by Crippen LogP contribution is 2.25. The van der Waals surface area contributed by atoms with Crippen molar-refractivity contribution in [3.63, 3.8) is 0 Å².